The van der Waals surface area contributed by atoms with Gasteiger partial charge >= 0.3 is 5.97 Å². The third kappa shape index (κ3) is 4.06. The molecule has 0 amide bonds. The van der Waals surface area contributed by atoms with Gasteiger partial charge < -0.3 is 4.74 Å². The molecule has 0 aliphatic heterocycles. The summed E-state index contributed by atoms with van der Waals surface area (Å²) in [5.41, 5.74) is 6.08. The zero-order chi connectivity index (χ0) is 20.5. The minimum atomic E-state index is -0.166. The monoisotopic (exact) mass is 376 g/mol. The third-order valence-electron chi connectivity index (χ3n) is 6.18. The number of ether oxygens (including phenoxy) is 1. The highest BCUT2D eigenvalue weighted by Crippen LogP contribution is 2.60. The Morgan fingerprint density at radius 3 is 2.54 bits per heavy atom. The van der Waals surface area contributed by atoms with Crippen LogP contribution in [0.4, 0.5) is 0 Å². The second-order valence-electron chi connectivity index (χ2n) is 8.93. The maximum absolute atomic E-state index is 12.9. The molecule has 0 heterocycles. The van der Waals surface area contributed by atoms with E-state index in [1.54, 1.807) is 0 Å². The summed E-state index contributed by atoms with van der Waals surface area (Å²) in [6, 6.07) is 10.3. The predicted molar refractivity (Wildman–Crippen MR) is 117 cm³/mol. The molecule has 0 saturated heterocycles. The summed E-state index contributed by atoms with van der Waals surface area (Å²) in [7, 11) is 0. The maximum Gasteiger partial charge on any atom is 0.310 e. The molecule has 2 aliphatic rings. The minimum Gasteiger partial charge on any atom is -0.457 e. The van der Waals surface area contributed by atoms with Gasteiger partial charge in [0.05, 0.1) is 5.92 Å². The summed E-state index contributed by atoms with van der Waals surface area (Å²) >= 11 is 0. The lowest BCUT2D eigenvalue weighted by molar-refractivity contribution is -0.149. The highest BCUT2D eigenvalue weighted by molar-refractivity contribution is 5.79. The molecule has 1 fully saturated rings. The van der Waals surface area contributed by atoms with Gasteiger partial charge in [-0.2, -0.15) is 0 Å². The third-order valence-corrected chi connectivity index (χ3v) is 6.18. The van der Waals surface area contributed by atoms with Crippen molar-refractivity contribution in [2.45, 2.75) is 53.6 Å². The van der Waals surface area contributed by atoms with Crippen LogP contribution in [0, 0.1) is 17.3 Å². The fourth-order valence-electron chi connectivity index (χ4n) is 4.40. The molecule has 0 N–H and O–H groups in total. The van der Waals surface area contributed by atoms with Gasteiger partial charge in [0, 0.05) is 6.42 Å². The second kappa shape index (κ2) is 7.95. The van der Waals surface area contributed by atoms with Crippen molar-refractivity contribution in [2.75, 3.05) is 0 Å². The van der Waals surface area contributed by atoms with Crippen molar-refractivity contribution in [2.24, 2.45) is 17.3 Å². The number of esters is 1. The molecule has 2 aliphatic carbocycles. The normalized spacial score (nSPS) is 26.9. The van der Waals surface area contributed by atoms with Gasteiger partial charge in [-0.3, -0.25) is 4.79 Å². The van der Waals surface area contributed by atoms with E-state index in [-0.39, 0.29) is 29.3 Å². The Morgan fingerprint density at radius 2 is 1.93 bits per heavy atom. The van der Waals surface area contributed by atoms with Crippen molar-refractivity contribution in [3.05, 3.63) is 76.9 Å². The molecule has 3 rings (SSSR count). The van der Waals surface area contributed by atoms with E-state index < -0.39 is 0 Å². The molecule has 0 radical (unpaired) electrons. The molecule has 2 nitrogen and oxygen atoms in total. The molecule has 0 spiro atoms. The van der Waals surface area contributed by atoms with Crippen LogP contribution in [0.25, 0.3) is 6.08 Å². The van der Waals surface area contributed by atoms with Crippen LogP contribution in [0.1, 0.15) is 53.0 Å². The first-order valence-electron chi connectivity index (χ1n) is 10.2. The van der Waals surface area contributed by atoms with Crippen LogP contribution < -0.4 is 0 Å². The molecule has 2 heteroatoms. The molecule has 148 valence electrons. The summed E-state index contributed by atoms with van der Waals surface area (Å²) in [5, 5.41) is 0. The van der Waals surface area contributed by atoms with Gasteiger partial charge in [-0.1, -0.05) is 68.0 Å². The van der Waals surface area contributed by atoms with Crippen LogP contribution >= 0.6 is 0 Å². The van der Waals surface area contributed by atoms with Crippen LogP contribution in [-0.4, -0.2) is 12.1 Å². The van der Waals surface area contributed by atoms with E-state index >= 15 is 0 Å². The van der Waals surface area contributed by atoms with Crippen molar-refractivity contribution in [1.29, 1.82) is 0 Å². The summed E-state index contributed by atoms with van der Waals surface area (Å²) < 4.78 is 6.04. The number of benzene rings is 1. The molecular weight excluding hydrogens is 344 g/mol. The van der Waals surface area contributed by atoms with Gasteiger partial charge in [-0.15, -0.1) is 6.58 Å². The Bertz CT molecular complexity index is 848. The van der Waals surface area contributed by atoms with Crippen LogP contribution in [0.3, 0.4) is 0 Å². The molecular formula is C26H32O2. The van der Waals surface area contributed by atoms with E-state index in [0.29, 0.717) is 0 Å². The van der Waals surface area contributed by atoms with Gasteiger partial charge in [0.2, 0.25) is 0 Å². The van der Waals surface area contributed by atoms with E-state index in [9.17, 15) is 4.79 Å². The first kappa shape index (κ1) is 20.4. The lowest BCUT2D eigenvalue weighted by atomic mass is 10.0. The van der Waals surface area contributed by atoms with E-state index in [4.69, 9.17) is 4.74 Å². The van der Waals surface area contributed by atoms with Gasteiger partial charge in [0.15, 0.2) is 0 Å². The van der Waals surface area contributed by atoms with Crippen molar-refractivity contribution in [1.82, 2.24) is 0 Å². The highest BCUT2D eigenvalue weighted by atomic mass is 16.5. The van der Waals surface area contributed by atoms with Gasteiger partial charge in [0.25, 0.3) is 0 Å². The number of rotatable bonds is 6. The largest absolute Gasteiger partial charge is 0.457 e. The number of hydrogen-bond donors (Lipinski definition) is 0. The van der Waals surface area contributed by atoms with E-state index in [1.165, 1.54) is 22.3 Å². The van der Waals surface area contributed by atoms with Gasteiger partial charge in [0.1, 0.15) is 6.10 Å². The van der Waals surface area contributed by atoms with Crippen molar-refractivity contribution >= 4 is 12.0 Å². The topological polar surface area (TPSA) is 26.3 Å². The lowest BCUT2D eigenvalue weighted by Gasteiger charge is -2.14. The SMILES string of the molecule is C=CCC1=C(C)C(OC(=O)[C@@H]2[C@@H](C=C(C)C)C2(C)C)CC1=Cc1ccccc1. The summed E-state index contributed by atoms with van der Waals surface area (Å²) in [4.78, 5) is 12.9. The number of carbonyl (C=O) groups is 1. The Balaban J connectivity index is 1.78. The van der Waals surface area contributed by atoms with Gasteiger partial charge in [-0.05, 0) is 60.8 Å². The molecule has 0 bridgehead atoms. The molecule has 1 aromatic carbocycles. The number of carbonyl (C=O) groups excluding carboxylic acids is 1. The molecule has 1 aromatic rings. The average Bonchev–Trinajstić information content (AvgIpc) is 3.05. The van der Waals surface area contributed by atoms with Crippen molar-refractivity contribution in [3.8, 4) is 0 Å². The minimum absolute atomic E-state index is 0.0166. The first-order chi connectivity index (χ1) is 13.3. The zero-order valence-corrected chi connectivity index (χ0v) is 17.8. The van der Waals surface area contributed by atoms with Crippen LogP contribution in [0.15, 0.2) is 71.4 Å². The molecule has 0 aromatic heterocycles. The molecule has 28 heavy (non-hydrogen) atoms. The highest BCUT2D eigenvalue weighted by Gasteiger charge is 2.61. The van der Waals surface area contributed by atoms with Crippen LogP contribution in [0.5, 0.6) is 0 Å². The second-order valence-corrected chi connectivity index (χ2v) is 8.93. The smallest absolute Gasteiger partial charge is 0.310 e. The molecule has 1 saturated carbocycles. The standard InChI is InChI=1S/C26H32O2/c1-7-11-21-18(4)23(16-20(21)15-19-12-9-8-10-13-19)28-25(27)24-22(14-17(2)3)26(24,5)6/h7-10,12-15,22-24H,1,11,16H2,2-6H3/t22-,23?,24+/m1/s1. The average molecular weight is 377 g/mol. The Labute approximate surface area is 169 Å². The fraction of sp³-hybridized carbons (Fsp3) is 0.423. The zero-order valence-electron chi connectivity index (χ0n) is 17.8. The lowest BCUT2D eigenvalue weighted by Crippen LogP contribution is -2.20. The summed E-state index contributed by atoms with van der Waals surface area (Å²) in [6.45, 7) is 14.5. The fourth-order valence-corrected chi connectivity index (χ4v) is 4.40. The predicted octanol–water partition coefficient (Wildman–Crippen LogP) is 6.52. The van der Waals surface area contributed by atoms with Crippen molar-refractivity contribution < 1.29 is 9.53 Å². The van der Waals surface area contributed by atoms with Crippen LogP contribution in [0.2, 0.25) is 0 Å². The van der Waals surface area contributed by atoms with Gasteiger partial charge in [-0.25, -0.2) is 0 Å². The first-order valence-corrected chi connectivity index (χ1v) is 10.2. The Hall–Kier alpha value is -2.35. The molecule has 1 unspecified atom stereocenters. The quantitative estimate of drug-likeness (QED) is 0.417. The Kier molecular flexibility index (Phi) is 5.79. The number of allylic oxidation sites excluding steroid dienone is 4. The number of hydrogen-bond acceptors (Lipinski definition) is 2. The van der Waals surface area contributed by atoms with E-state index in [0.717, 1.165) is 18.4 Å². The Morgan fingerprint density at radius 1 is 1.25 bits per heavy atom. The maximum atomic E-state index is 12.9. The summed E-state index contributed by atoms with van der Waals surface area (Å²) in [5.74, 6) is 0.179. The molecule has 3 atom stereocenters. The van der Waals surface area contributed by atoms with Crippen molar-refractivity contribution in [3.63, 3.8) is 0 Å². The van der Waals surface area contributed by atoms with Crippen LogP contribution in [-0.2, 0) is 9.53 Å². The van der Waals surface area contributed by atoms with E-state index in [1.807, 2.05) is 24.3 Å². The summed E-state index contributed by atoms with van der Waals surface area (Å²) in [6.07, 6.45) is 7.73. The van der Waals surface area contributed by atoms with E-state index in [2.05, 4.69) is 65.5 Å².